The minimum Gasteiger partial charge on any atom is -0.228 e. The SMILES string of the molecule is CCCCC(C)S(N)(=O)=O. The highest BCUT2D eigenvalue weighted by Gasteiger charge is 2.13. The average molecular weight is 165 g/mol. The van der Waals surface area contributed by atoms with E-state index in [0.717, 1.165) is 12.8 Å². The molecule has 0 aliphatic carbocycles. The molecule has 3 nitrogen and oxygen atoms in total. The Hall–Kier alpha value is -0.0900. The monoisotopic (exact) mass is 165 g/mol. The van der Waals surface area contributed by atoms with Gasteiger partial charge in [0.2, 0.25) is 10.0 Å². The van der Waals surface area contributed by atoms with Crippen LogP contribution in [0.2, 0.25) is 0 Å². The Labute approximate surface area is 62.7 Å². The second-order valence-electron chi connectivity index (χ2n) is 2.54. The second-order valence-corrected chi connectivity index (χ2v) is 4.52. The van der Waals surface area contributed by atoms with Gasteiger partial charge in [-0.3, -0.25) is 0 Å². The molecule has 62 valence electrons. The molecule has 1 atom stereocenters. The maximum absolute atomic E-state index is 10.6. The Morgan fingerprint density at radius 3 is 2.30 bits per heavy atom. The quantitative estimate of drug-likeness (QED) is 0.671. The van der Waals surface area contributed by atoms with Crippen molar-refractivity contribution < 1.29 is 8.42 Å². The number of hydrogen-bond donors (Lipinski definition) is 1. The molecule has 0 bridgehead atoms. The van der Waals surface area contributed by atoms with Gasteiger partial charge >= 0.3 is 0 Å². The van der Waals surface area contributed by atoms with Crippen molar-refractivity contribution in [3.8, 4) is 0 Å². The van der Waals surface area contributed by atoms with Crippen LogP contribution in [0.4, 0.5) is 0 Å². The third kappa shape index (κ3) is 3.85. The Morgan fingerprint density at radius 2 is 2.00 bits per heavy atom. The van der Waals surface area contributed by atoms with Crippen molar-refractivity contribution in [2.45, 2.75) is 38.4 Å². The van der Waals surface area contributed by atoms with Crippen LogP contribution < -0.4 is 5.14 Å². The Kier molecular flexibility index (Phi) is 3.89. The predicted molar refractivity (Wildman–Crippen MR) is 42.1 cm³/mol. The molecule has 0 aromatic heterocycles. The third-order valence-electron chi connectivity index (χ3n) is 1.53. The lowest BCUT2D eigenvalue weighted by Gasteiger charge is -2.06. The van der Waals surface area contributed by atoms with Gasteiger partial charge in [-0.15, -0.1) is 0 Å². The predicted octanol–water partition coefficient (Wildman–Crippen LogP) is 0.854. The van der Waals surface area contributed by atoms with Crippen molar-refractivity contribution in [3.05, 3.63) is 0 Å². The van der Waals surface area contributed by atoms with E-state index in [4.69, 9.17) is 5.14 Å². The van der Waals surface area contributed by atoms with Crippen LogP contribution in [-0.2, 0) is 10.0 Å². The van der Waals surface area contributed by atoms with Gasteiger partial charge in [-0.25, -0.2) is 13.6 Å². The summed E-state index contributed by atoms with van der Waals surface area (Å²) in [6, 6.07) is 0. The largest absolute Gasteiger partial charge is 0.228 e. The molecule has 0 fully saturated rings. The first-order valence-corrected chi connectivity index (χ1v) is 5.11. The summed E-state index contributed by atoms with van der Waals surface area (Å²) in [7, 11) is -3.28. The fourth-order valence-electron chi connectivity index (χ4n) is 0.656. The lowest BCUT2D eigenvalue weighted by Crippen LogP contribution is -2.25. The lowest BCUT2D eigenvalue weighted by atomic mass is 10.2. The van der Waals surface area contributed by atoms with Crippen LogP contribution in [-0.4, -0.2) is 13.7 Å². The smallest absolute Gasteiger partial charge is 0.211 e. The molecule has 10 heavy (non-hydrogen) atoms. The van der Waals surface area contributed by atoms with E-state index in [1.807, 2.05) is 6.92 Å². The summed E-state index contributed by atoms with van der Waals surface area (Å²) >= 11 is 0. The molecule has 0 amide bonds. The van der Waals surface area contributed by atoms with Gasteiger partial charge in [0.25, 0.3) is 0 Å². The van der Waals surface area contributed by atoms with E-state index in [9.17, 15) is 8.42 Å². The van der Waals surface area contributed by atoms with Crippen molar-refractivity contribution in [2.24, 2.45) is 5.14 Å². The van der Waals surface area contributed by atoms with Crippen molar-refractivity contribution in [2.75, 3.05) is 0 Å². The normalized spacial score (nSPS) is 15.1. The maximum Gasteiger partial charge on any atom is 0.211 e. The summed E-state index contributed by atoms with van der Waals surface area (Å²) in [5, 5.41) is 4.51. The Bertz CT molecular complexity index is 174. The first-order chi connectivity index (χ1) is 4.48. The zero-order valence-corrected chi connectivity index (χ0v) is 7.32. The summed E-state index contributed by atoms with van der Waals surface area (Å²) in [4.78, 5) is 0. The molecule has 0 aromatic rings. The Morgan fingerprint density at radius 1 is 1.50 bits per heavy atom. The number of hydrogen-bond acceptors (Lipinski definition) is 2. The highest BCUT2D eigenvalue weighted by molar-refractivity contribution is 7.89. The van der Waals surface area contributed by atoms with E-state index >= 15 is 0 Å². The molecule has 0 saturated heterocycles. The summed E-state index contributed by atoms with van der Waals surface area (Å²) < 4.78 is 21.2. The van der Waals surface area contributed by atoms with Gasteiger partial charge in [-0.1, -0.05) is 19.8 Å². The molecular weight excluding hydrogens is 150 g/mol. The van der Waals surface area contributed by atoms with Crippen molar-refractivity contribution >= 4 is 10.0 Å². The van der Waals surface area contributed by atoms with Crippen molar-refractivity contribution in [3.63, 3.8) is 0 Å². The highest BCUT2D eigenvalue weighted by atomic mass is 32.2. The van der Waals surface area contributed by atoms with Gasteiger partial charge < -0.3 is 0 Å². The van der Waals surface area contributed by atoms with Crippen LogP contribution in [0.15, 0.2) is 0 Å². The van der Waals surface area contributed by atoms with Gasteiger partial charge in [0, 0.05) is 0 Å². The molecule has 2 N–H and O–H groups in total. The molecular formula is C6H15NO2S. The molecule has 0 aliphatic rings. The average Bonchev–Trinajstić information content (AvgIpc) is 1.80. The third-order valence-corrected chi connectivity index (χ3v) is 2.88. The summed E-state index contributed by atoms with van der Waals surface area (Å²) in [5.74, 6) is 0. The van der Waals surface area contributed by atoms with Crippen LogP contribution in [0.5, 0.6) is 0 Å². The molecule has 0 radical (unpaired) electrons. The zero-order valence-electron chi connectivity index (χ0n) is 6.50. The van der Waals surface area contributed by atoms with E-state index in [2.05, 4.69) is 0 Å². The minimum absolute atomic E-state index is 0.382. The van der Waals surface area contributed by atoms with E-state index in [1.54, 1.807) is 6.92 Å². The van der Waals surface area contributed by atoms with Crippen molar-refractivity contribution in [1.82, 2.24) is 0 Å². The molecule has 0 saturated carbocycles. The lowest BCUT2D eigenvalue weighted by molar-refractivity contribution is 0.573. The zero-order chi connectivity index (χ0) is 8.20. The minimum atomic E-state index is -3.28. The first-order valence-electron chi connectivity index (χ1n) is 3.50. The van der Waals surface area contributed by atoms with Gasteiger partial charge in [0.1, 0.15) is 0 Å². The van der Waals surface area contributed by atoms with Gasteiger partial charge in [0.15, 0.2) is 0 Å². The van der Waals surface area contributed by atoms with Gasteiger partial charge in [0.05, 0.1) is 5.25 Å². The van der Waals surface area contributed by atoms with E-state index in [1.165, 1.54) is 0 Å². The Balaban J connectivity index is 3.75. The van der Waals surface area contributed by atoms with Crippen LogP contribution >= 0.6 is 0 Å². The van der Waals surface area contributed by atoms with Crippen molar-refractivity contribution in [1.29, 1.82) is 0 Å². The molecule has 4 heteroatoms. The maximum atomic E-state index is 10.6. The van der Waals surface area contributed by atoms with Crippen LogP contribution in [0, 0.1) is 0 Å². The van der Waals surface area contributed by atoms with Crippen LogP contribution in [0.25, 0.3) is 0 Å². The highest BCUT2D eigenvalue weighted by Crippen LogP contribution is 2.05. The van der Waals surface area contributed by atoms with Gasteiger partial charge in [-0.05, 0) is 13.3 Å². The topological polar surface area (TPSA) is 60.2 Å². The van der Waals surface area contributed by atoms with Crippen LogP contribution in [0.3, 0.4) is 0 Å². The number of sulfonamides is 1. The van der Waals surface area contributed by atoms with E-state index in [0.29, 0.717) is 6.42 Å². The van der Waals surface area contributed by atoms with E-state index < -0.39 is 10.0 Å². The molecule has 0 rings (SSSR count). The summed E-state index contributed by atoms with van der Waals surface area (Å²) in [5.41, 5.74) is 0. The first kappa shape index (κ1) is 9.91. The summed E-state index contributed by atoms with van der Waals surface area (Å²) in [6.07, 6.45) is 2.62. The number of unbranched alkanes of at least 4 members (excludes halogenated alkanes) is 1. The molecule has 0 aliphatic heterocycles. The van der Waals surface area contributed by atoms with Gasteiger partial charge in [-0.2, -0.15) is 0 Å². The fourth-order valence-corrected chi connectivity index (χ4v) is 1.15. The molecule has 0 spiro atoms. The van der Waals surface area contributed by atoms with E-state index in [-0.39, 0.29) is 5.25 Å². The molecule has 1 unspecified atom stereocenters. The number of rotatable bonds is 4. The fraction of sp³-hybridized carbons (Fsp3) is 1.00. The molecule has 0 aromatic carbocycles. The summed E-state index contributed by atoms with van der Waals surface area (Å²) in [6.45, 7) is 3.67. The molecule has 0 heterocycles. The van der Waals surface area contributed by atoms with Crippen LogP contribution in [0.1, 0.15) is 33.1 Å². The number of nitrogens with two attached hydrogens (primary N) is 1. The second kappa shape index (κ2) is 3.93. The standard InChI is InChI=1S/C6H15NO2S/c1-3-4-5-6(2)10(7,8)9/h6H,3-5H2,1-2H3,(H2,7,8,9). The number of primary sulfonamides is 1.